The number of rotatable bonds is 2. The van der Waals surface area contributed by atoms with Gasteiger partial charge in [0.25, 0.3) is 0 Å². The summed E-state index contributed by atoms with van der Waals surface area (Å²) in [7, 11) is 0. The average Bonchev–Trinajstić information content (AvgIpc) is 2.19. The first-order chi connectivity index (χ1) is 6.42. The lowest BCUT2D eigenvalue weighted by Crippen LogP contribution is -1.96. The monoisotopic (exact) mass is 173 g/mol. The van der Waals surface area contributed by atoms with E-state index in [1.165, 1.54) is 0 Å². The molecule has 0 N–H and O–H groups in total. The molecule has 0 aliphatic carbocycles. The van der Waals surface area contributed by atoms with Crippen LogP contribution < -0.4 is 4.74 Å². The highest BCUT2D eigenvalue weighted by Gasteiger charge is 2.01. The van der Waals surface area contributed by atoms with Crippen LogP contribution in [0.3, 0.4) is 0 Å². The zero-order valence-corrected chi connectivity index (χ0v) is 7.32. The van der Waals surface area contributed by atoms with Gasteiger partial charge in [0.1, 0.15) is 0 Å². The number of fused-ring (bicyclic) bond motifs is 1. The fraction of sp³-hybridized carbons (Fsp3) is 0.200. The molecule has 1 aromatic carbocycles. The molecule has 0 amide bonds. The first-order valence-electron chi connectivity index (χ1n) is 4.17. The summed E-state index contributed by atoms with van der Waals surface area (Å²) in [4.78, 5) is 7.95. The average molecular weight is 173 g/mol. The maximum atomic E-state index is 5.34. The molecule has 0 saturated carbocycles. The molecule has 1 aromatic heterocycles. The molecule has 2 aromatic rings. The van der Waals surface area contributed by atoms with Crippen molar-refractivity contribution in [3.8, 4) is 5.88 Å². The Balaban J connectivity index is 2.61. The van der Waals surface area contributed by atoms with Crippen molar-refractivity contribution in [2.24, 2.45) is 0 Å². The van der Waals surface area contributed by atoms with E-state index in [9.17, 15) is 0 Å². The second-order valence-corrected chi connectivity index (χ2v) is 2.58. The number of hydrogen-bond acceptors (Lipinski definition) is 3. The lowest BCUT2D eigenvalue weighted by molar-refractivity contribution is 0.330. The summed E-state index contributed by atoms with van der Waals surface area (Å²) in [5.41, 5.74) is 0.862. The predicted molar refractivity (Wildman–Crippen MR) is 49.5 cm³/mol. The van der Waals surface area contributed by atoms with Crippen LogP contribution in [0.25, 0.3) is 10.9 Å². The highest BCUT2D eigenvalue weighted by molar-refractivity contribution is 5.82. The molecule has 0 fully saturated rings. The Labute approximate surface area is 76.4 Å². The second-order valence-electron chi connectivity index (χ2n) is 2.58. The molecule has 0 aliphatic heterocycles. The zero-order valence-electron chi connectivity index (χ0n) is 7.32. The number of hydrogen-bond donors (Lipinski definition) is 0. The Morgan fingerprint density at radius 2 is 2.15 bits per heavy atom. The molecule has 2 rings (SSSR count). The minimum Gasteiger partial charge on any atom is -0.477 e. The fourth-order valence-corrected chi connectivity index (χ4v) is 1.18. The number of nitrogens with zero attached hydrogens (tertiary/aromatic N) is 2. The molecule has 0 spiro atoms. The lowest BCUT2D eigenvalue weighted by Gasteiger charge is -2.03. The Kier molecular flexibility index (Phi) is 2.08. The molecule has 0 aliphatic rings. The molecule has 3 heteroatoms. The third-order valence-corrected chi connectivity index (χ3v) is 1.74. The topological polar surface area (TPSA) is 35.0 Å². The van der Waals surface area contributed by atoms with Gasteiger partial charge >= 0.3 is 0 Å². The SMILES string of the molecule is CCOc1n[c]nc2ccccc12. The van der Waals surface area contributed by atoms with Gasteiger partial charge in [-0.05, 0) is 19.1 Å². The van der Waals surface area contributed by atoms with Crippen molar-refractivity contribution >= 4 is 10.9 Å². The van der Waals surface area contributed by atoms with E-state index in [1.54, 1.807) is 0 Å². The van der Waals surface area contributed by atoms with Crippen LogP contribution in [0.2, 0.25) is 0 Å². The summed E-state index contributed by atoms with van der Waals surface area (Å²) in [5.74, 6) is 0.605. The minimum absolute atomic E-state index is 0.605. The molecule has 65 valence electrons. The molecule has 3 nitrogen and oxygen atoms in total. The minimum atomic E-state index is 0.605. The lowest BCUT2D eigenvalue weighted by atomic mass is 10.2. The van der Waals surface area contributed by atoms with Gasteiger partial charge in [0.2, 0.25) is 12.2 Å². The van der Waals surface area contributed by atoms with Crippen molar-refractivity contribution in [1.82, 2.24) is 9.97 Å². The van der Waals surface area contributed by atoms with Gasteiger partial charge in [-0.2, -0.15) is 4.98 Å². The van der Waals surface area contributed by atoms with E-state index < -0.39 is 0 Å². The summed E-state index contributed by atoms with van der Waals surface area (Å²) in [5, 5.41) is 0.933. The molecule has 0 atom stereocenters. The van der Waals surface area contributed by atoms with E-state index in [0.717, 1.165) is 10.9 Å². The summed E-state index contributed by atoms with van der Waals surface area (Å²) < 4.78 is 5.34. The second kappa shape index (κ2) is 3.39. The van der Waals surface area contributed by atoms with Gasteiger partial charge in [-0.1, -0.05) is 12.1 Å². The molecule has 1 radical (unpaired) electrons. The summed E-state index contributed by atoms with van der Waals surface area (Å²) in [6.45, 7) is 2.53. The molecule has 0 bridgehead atoms. The van der Waals surface area contributed by atoms with Crippen LogP contribution >= 0.6 is 0 Å². The van der Waals surface area contributed by atoms with Crippen molar-refractivity contribution in [2.45, 2.75) is 6.92 Å². The molecular weight excluding hydrogens is 164 g/mol. The highest BCUT2D eigenvalue weighted by atomic mass is 16.5. The van der Waals surface area contributed by atoms with E-state index in [1.807, 2.05) is 31.2 Å². The van der Waals surface area contributed by atoms with E-state index in [-0.39, 0.29) is 0 Å². The molecule has 13 heavy (non-hydrogen) atoms. The Morgan fingerprint density at radius 3 is 3.00 bits per heavy atom. The highest BCUT2D eigenvalue weighted by Crippen LogP contribution is 2.19. The van der Waals surface area contributed by atoms with Crippen molar-refractivity contribution in [1.29, 1.82) is 0 Å². The zero-order chi connectivity index (χ0) is 9.10. The van der Waals surface area contributed by atoms with Crippen LogP contribution in [0.15, 0.2) is 24.3 Å². The van der Waals surface area contributed by atoms with E-state index >= 15 is 0 Å². The standard InChI is InChI=1S/C10H9N2O/c1-2-13-10-8-5-3-4-6-9(8)11-7-12-10/h3-6H,2H2,1H3. The van der Waals surface area contributed by atoms with E-state index in [0.29, 0.717) is 12.5 Å². The Hall–Kier alpha value is -1.64. The van der Waals surface area contributed by atoms with Crippen molar-refractivity contribution in [2.75, 3.05) is 6.61 Å². The maximum absolute atomic E-state index is 5.34. The van der Waals surface area contributed by atoms with Gasteiger partial charge in [-0.3, -0.25) is 0 Å². The van der Waals surface area contributed by atoms with Gasteiger partial charge in [-0.25, -0.2) is 4.98 Å². The van der Waals surface area contributed by atoms with Crippen LogP contribution in [0.1, 0.15) is 6.92 Å². The van der Waals surface area contributed by atoms with E-state index in [2.05, 4.69) is 16.3 Å². The summed E-state index contributed by atoms with van der Waals surface area (Å²) in [6, 6.07) is 7.72. The van der Waals surface area contributed by atoms with Gasteiger partial charge in [0, 0.05) is 0 Å². The van der Waals surface area contributed by atoms with Gasteiger partial charge < -0.3 is 4.74 Å². The van der Waals surface area contributed by atoms with Crippen LogP contribution in [-0.2, 0) is 0 Å². The van der Waals surface area contributed by atoms with Crippen LogP contribution in [0, 0.1) is 6.33 Å². The Bertz CT molecular complexity index is 409. The predicted octanol–water partition coefficient (Wildman–Crippen LogP) is 1.83. The number of benzene rings is 1. The number of para-hydroxylation sites is 1. The number of aromatic nitrogens is 2. The fourth-order valence-electron chi connectivity index (χ4n) is 1.18. The van der Waals surface area contributed by atoms with Gasteiger partial charge in [0.05, 0.1) is 17.5 Å². The quantitative estimate of drug-likeness (QED) is 0.694. The normalized spacial score (nSPS) is 10.2. The third kappa shape index (κ3) is 1.45. The van der Waals surface area contributed by atoms with E-state index in [4.69, 9.17) is 4.74 Å². The van der Waals surface area contributed by atoms with Crippen LogP contribution in [-0.4, -0.2) is 16.6 Å². The first kappa shape index (κ1) is 7.98. The smallest absolute Gasteiger partial charge is 0.225 e. The van der Waals surface area contributed by atoms with Gasteiger partial charge in [0.15, 0.2) is 0 Å². The maximum Gasteiger partial charge on any atom is 0.225 e. The van der Waals surface area contributed by atoms with Crippen LogP contribution in [0.5, 0.6) is 5.88 Å². The van der Waals surface area contributed by atoms with Crippen molar-refractivity contribution in [3.05, 3.63) is 30.6 Å². The Morgan fingerprint density at radius 1 is 1.31 bits per heavy atom. The van der Waals surface area contributed by atoms with Crippen molar-refractivity contribution < 1.29 is 4.74 Å². The first-order valence-corrected chi connectivity index (χ1v) is 4.17. The largest absolute Gasteiger partial charge is 0.477 e. The summed E-state index contributed by atoms with van der Waals surface area (Å²) in [6.07, 6.45) is 2.56. The third-order valence-electron chi connectivity index (χ3n) is 1.74. The molecule has 1 heterocycles. The van der Waals surface area contributed by atoms with Gasteiger partial charge in [-0.15, -0.1) is 0 Å². The van der Waals surface area contributed by atoms with Crippen molar-refractivity contribution in [3.63, 3.8) is 0 Å². The number of ether oxygens (including phenoxy) is 1. The summed E-state index contributed by atoms with van der Waals surface area (Å²) >= 11 is 0. The molecular formula is C10H9N2O. The molecule has 0 unspecified atom stereocenters. The molecule has 0 saturated heterocycles. The van der Waals surface area contributed by atoms with Crippen LogP contribution in [0.4, 0.5) is 0 Å².